The molecule has 8 heteroatoms. The van der Waals surface area contributed by atoms with E-state index in [1.165, 1.54) is 28.4 Å². The molecule has 0 unspecified atom stereocenters. The molecule has 4 nitrogen and oxygen atoms in total. The van der Waals surface area contributed by atoms with Crippen molar-refractivity contribution in [2.75, 3.05) is 0 Å². The Kier molecular flexibility index (Phi) is 4.33. The molecule has 0 bridgehead atoms. The molecule has 1 aliphatic heterocycles. The van der Waals surface area contributed by atoms with Crippen LogP contribution in [-0.2, 0) is 17.8 Å². The zero-order valence-electron chi connectivity index (χ0n) is 10.8. The molecular formula is C12H15F3N2O2S. The molecular weight excluding hydrogens is 293 g/mol. The van der Waals surface area contributed by atoms with E-state index in [1.807, 2.05) is 11.3 Å². The number of thiazole rings is 1. The average Bonchev–Trinajstić information content (AvgIpc) is 3.09. The second kappa shape index (κ2) is 5.69. The van der Waals surface area contributed by atoms with Gasteiger partial charge < -0.3 is 10.4 Å². The Bertz CT molecular complexity index is 497. The van der Waals surface area contributed by atoms with Crippen molar-refractivity contribution in [3.05, 3.63) is 15.6 Å². The summed E-state index contributed by atoms with van der Waals surface area (Å²) in [7, 11) is 0. The molecule has 3 rings (SSSR count). The van der Waals surface area contributed by atoms with Gasteiger partial charge >= 0.3 is 12.1 Å². The van der Waals surface area contributed by atoms with Gasteiger partial charge in [-0.2, -0.15) is 13.2 Å². The van der Waals surface area contributed by atoms with Crippen LogP contribution in [0.1, 0.15) is 41.3 Å². The highest BCUT2D eigenvalue weighted by Crippen LogP contribution is 2.43. The maximum atomic E-state index is 10.6. The quantitative estimate of drug-likeness (QED) is 0.837. The molecule has 2 aliphatic rings. The molecule has 20 heavy (non-hydrogen) atoms. The van der Waals surface area contributed by atoms with E-state index in [0.29, 0.717) is 6.04 Å². The van der Waals surface area contributed by atoms with Crippen molar-refractivity contribution in [2.45, 2.75) is 50.9 Å². The number of fused-ring (bicyclic) bond motifs is 1. The van der Waals surface area contributed by atoms with E-state index in [0.717, 1.165) is 18.9 Å². The van der Waals surface area contributed by atoms with Crippen LogP contribution in [0.4, 0.5) is 13.2 Å². The molecule has 1 aliphatic carbocycles. The van der Waals surface area contributed by atoms with Crippen LogP contribution < -0.4 is 5.32 Å². The largest absolute Gasteiger partial charge is 0.490 e. The van der Waals surface area contributed by atoms with Crippen LogP contribution in [0, 0.1) is 0 Å². The molecule has 112 valence electrons. The highest BCUT2D eigenvalue weighted by atomic mass is 32.1. The van der Waals surface area contributed by atoms with E-state index in [9.17, 15) is 13.2 Å². The molecule has 0 spiro atoms. The van der Waals surface area contributed by atoms with E-state index < -0.39 is 12.1 Å². The predicted molar refractivity (Wildman–Crippen MR) is 67.8 cm³/mol. The number of rotatable bonds is 1. The van der Waals surface area contributed by atoms with Crippen LogP contribution in [0.2, 0.25) is 0 Å². The van der Waals surface area contributed by atoms with Gasteiger partial charge in [-0.3, -0.25) is 0 Å². The number of nitrogens with zero attached hydrogens (tertiary/aromatic N) is 1. The lowest BCUT2D eigenvalue weighted by Crippen LogP contribution is -2.32. The van der Waals surface area contributed by atoms with Gasteiger partial charge in [0, 0.05) is 29.8 Å². The number of hydrogen-bond acceptors (Lipinski definition) is 4. The fourth-order valence-electron chi connectivity index (χ4n) is 1.83. The second-order valence-electron chi connectivity index (χ2n) is 4.99. The molecule has 2 N–H and O–H groups in total. The van der Waals surface area contributed by atoms with E-state index in [-0.39, 0.29) is 0 Å². The Balaban J connectivity index is 0.000000182. The number of aliphatic carboxylic acids is 1. The lowest BCUT2D eigenvalue weighted by atomic mass is 10.1. The zero-order valence-corrected chi connectivity index (χ0v) is 11.6. The topological polar surface area (TPSA) is 62.2 Å². The van der Waals surface area contributed by atoms with Gasteiger partial charge in [-0.15, -0.1) is 11.3 Å². The predicted octanol–water partition coefficient (Wildman–Crippen LogP) is 2.69. The second-order valence-corrected chi connectivity index (χ2v) is 6.10. The third kappa shape index (κ3) is 3.92. The van der Waals surface area contributed by atoms with Gasteiger partial charge in [-0.05, 0) is 19.8 Å². The molecule has 1 aromatic heterocycles. The Morgan fingerprint density at radius 2 is 2.05 bits per heavy atom. The van der Waals surface area contributed by atoms with E-state index >= 15 is 0 Å². The molecule has 0 aromatic carbocycles. The summed E-state index contributed by atoms with van der Waals surface area (Å²) in [6, 6.07) is 0.613. The monoisotopic (exact) mass is 308 g/mol. The number of carbonyl (C=O) groups is 1. The van der Waals surface area contributed by atoms with Crippen LogP contribution in [0.25, 0.3) is 0 Å². The van der Waals surface area contributed by atoms with Crippen LogP contribution in [0.5, 0.6) is 0 Å². The minimum atomic E-state index is -5.08. The molecule has 1 fully saturated rings. The molecule has 0 radical (unpaired) electrons. The first-order valence-electron chi connectivity index (χ1n) is 6.29. The first kappa shape index (κ1) is 15.2. The summed E-state index contributed by atoms with van der Waals surface area (Å²) in [5, 5.41) is 12.0. The van der Waals surface area contributed by atoms with Crippen molar-refractivity contribution >= 4 is 17.3 Å². The fourth-order valence-corrected chi connectivity index (χ4v) is 3.05. The van der Waals surface area contributed by atoms with Crippen molar-refractivity contribution in [1.29, 1.82) is 0 Å². The number of alkyl halides is 3. The lowest BCUT2D eigenvalue weighted by molar-refractivity contribution is -0.192. The average molecular weight is 308 g/mol. The van der Waals surface area contributed by atoms with Gasteiger partial charge in [-0.1, -0.05) is 0 Å². The maximum absolute atomic E-state index is 10.6. The number of hydrogen-bond donors (Lipinski definition) is 2. The van der Waals surface area contributed by atoms with E-state index in [4.69, 9.17) is 14.9 Å². The lowest BCUT2D eigenvalue weighted by Gasteiger charge is -2.18. The fraction of sp³-hybridized carbons (Fsp3) is 0.667. The highest BCUT2D eigenvalue weighted by molar-refractivity contribution is 7.11. The summed E-state index contributed by atoms with van der Waals surface area (Å²) in [6.07, 6.45) is -1.22. The minimum Gasteiger partial charge on any atom is -0.475 e. The van der Waals surface area contributed by atoms with Crippen LogP contribution >= 0.6 is 11.3 Å². The van der Waals surface area contributed by atoms with Crippen LogP contribution in [0.15, 0.2) is 0 Å². The van der Waals surface area contributed by atoms with Gasteiger partial charge in [-0.25, -0.2) is 9.78 Å². The molecule has 0 amide bonds. The van der Waals surface area contributed by atoms with Crippen molar-refractivity contribution in [2.24, 2.45) is 0 Å². The number of carboxylic acids is 1. The summed E-state index contributed by atoms with van der Waals surface area (Å²) in [6.45, 7) is 3.28. The zero-order chi connectivity index (χ0) is 14.9. The van der Waals surface area contributed by atoms with Gasteiger partial charge in [0.2, 0.25) is 0 Å². The van der Waals surface area contributed by atoms with Crippen molar-refractivity contribution < 1.29 is 23.1 Å². The number of carboxylic acid groups (broad SMARTS) is 1. The Morgan fingerprint density at radius 1 is 1.45 bits per heavy atom. The summed E-state index contributed by atoms with van der Waals surface area (Å²) in [4.78, 5) is 15.1. The first-order valence-corrected chi connectivity index (χ1v) is 7.11. The van der Waals surface area contributed by atoms with Gasteiger partial charge in [0.05, 0.1) is 10.7 Å². The molecule has 1 aromatic rings. The summed E-state index contributed by atoms with van der Waals surface area (Å²) >= 11 is 1.93. The van der Waals surface area contributed by atoms with Crippen molar-refractivity contribution in [3.63, 3.8) is 0 Å². The number of nitrogens with one attached hydrogen (secondary N) is 1. The minimum absolute atomic E-state index is 0.613. The summed E-state index contributed by atoms with van der Waals surface area (Å²) < 4.78 is 31.7. The Hall–Kier alpha value is -1.15. The maximum Gasteiger partial charge on any atom is 0.490 e. The Morgan fingerprint density at radius 3 is 2.55 bits per heavy atom. The van der Waals surface area contributed by atoms with E-state index in [1.54, 1.807) is 0 Å². The molecule has 2 heterocycles. The molecule has 0 saturated heterocycles. The number of aromatic nitrogens is 1. The Labute approximate surface area is 118 Å². The van der Waals surface area contributed by atoms with E-state index in [2.05, 4.69) is 12.2 Å². The molecule has 1 saturated carbocycles. The molecule has 1 atom stereocenters. The van der Waals surface area contributed by atoms with Crippen LogP contribution in [0.3, 0.4) is 0 Å². The summed E-state index contributed by atoms with van der Waals surface area (Å²) in [5.41, 5.74) is 1.37. The summed E-state index contributed by atoms with van der Waals surface area (Å²) in [5.74, 6) is -1.93. The van der Waals surface area contributed by atoms with Gasteiger partial charge in [0.25, 0.3) is 0 Å². The standard InChI is InChI=1S/C10H14N2S.C2HF3O2/c1-6-4-8-9(5-11-6)13-10(12-8)7-2-3-7;3-2(4,5)1(6)7/h6-7,11H,2-5H2,1H3;(H,6,7)/t6-;/m1./s1. The van der Waals surface area contributed by atoms with Crippen molar-refractivity contribution in [1.82, 2.24) is 10.3 Å². The first-order chi connectivity index (χ1) is 9.27. The number of halogens is 3. The highest BCUT2D eigenvalue weighted by Gasteiger charge is 2.38. The van der Waals surface area contributed by atoms with Gasteiger partial charge in [0.1, 0.15) is 0 Å². The normalized spacial score (nSPS) is 21.7. The smallest absolute Gasteiger partial charge is 0.475 e. The third-order valence-corrected chi connectivity index (χ3v) is 4.33. The third-order valence-electron chi connectivity index (χ3n) is 3.07. The van der Waals surface area contributed by atoms with Crippen LogP contribution in [-0.4, -0.2) is 28.3 Å². The SMILES string of the molecule is C[C@@H]1Cc2nc(C3CC3)sc2CN1.O=C(O)C(F)(F)F. The van der Waals surface area contributed by atoms with Crippen molar-refractivity contribution in [3.8, 4) is 0 Å². The van der Waals surface area contributed by atoms with Gasteiger partial charge in [0.15, 0.2) is 0 Å².